The first-order chi connectivity index (χ1) is 7.66. The molecule has 6 heteroatoms. The molecule has 1 aliphatic heterocycles. The van der Waals surface area contributed by atoms with E-state index in [2.05, 4.69) is 20.5 Å². The lowest BCUT2D eigenvalue weighted by Crippen LogP contribution is -2.41. The van der Waals surface area contributed by atoms with E-state index in [1.165, 1.54) is 0 Å². The minimum Gasteiger partial charge on any atom is -0.337 e. The van der Waals surface area contributed by atoms with Gasteiger partial charge in [-0.05, 0) is 26.3 Å². The summed E-state index contributed by atoms with van der Waals surface area (Å²) in [5, 5.41) is 9.97. The van der Waals surface area contributed by atoms with Crippen LogP contribution in [0.2, 0.25) is 0 Å². The van der Waals surface area contributed by atoms with Gasteiger partial charge in [-0.25, -0.2) is 4.98 Å². The zero-order valence-corrected chi connectivity index (χ0v) is 9.66. The number of aromatic amines is 1. The maximum Gasteiger partial charge on any atom is 0.239 e. The molecule has 1 unspecified atom stereocenters. The Balaban J connectivity index is 1.91. The summed E-state index contributed by atoms with van der Waals surface area (Å²) in [6.45, 7) is 3.24. The average molecular weight is 223 g/mol. The Labute approximate surface area is 94.4 Å². The van der Waals surface area contributed by atoms with Crippen LogP contribution in [0.25, 0.3) is 0 Å². The molecule has 2 rings (SSSR count). The van der Waals surface area contributed by atoms with Crippen molar-refractivity contribution in [2.75, 3.05) is 13.6 Å². The molecule has 0 aromatic carbocycles. The summed E-state index contributed by atoms with van der Waals surface area (Å²) in [5.41, 5.74) is 0. The highest BCUT2D eigenvalue weighted by Gasteiger charge is 2.25. The number of rotatable bonds is 3. The van der Waals surface area contributed by atoms with Crippen LogP contribution in [0.1, 0.15) is 24.5 Å². The van der Waals surface area contributed by atoms with Crippen LogP contribution in [-0.4, -0.2) is 45.6 Å². The zero-order valence-electron chi connectivity index (χ0n) is 9.66. The van der Waals surface area contributed by atoms with E-state index in [4.69, 9.17) is 0 Å². The summed E-state index contributed by atoms with van der Waals surface area (Å²) < 4.78 is 0. The number of nitrogens with zero attached hydrogens (tertiary/aromatic N) is 3. The van der Waals surface area contributed by atoms with Crippen molar-refractivity contribution in [1.29, 1.82) is 0 Å². The van der Waals surface area contributed by atoms with Gasteiger partial charge < -0.3 is 10.2 Å². The van der Waals surface area contributed by atoms with Gasteiger partial charge in [0, 0.05) is 7.05 Å². The molecule has 0 aliphatic carbocycles. The van der Waals surface area contributed by atoms with E-state index in [9.17, 15) is 4.79 Å². The second-order valence-corrected chi connectivity index (χ2v) is 4.18. The van der Waals surface area contributed by atoms with Crippen molar-refractivity contribution in [3.05, 3.63) is 11.6 Å². The summed E-state index contributed by atoms with van der Waals surface area (Å²) in [5.74, 6) is 1.56. The van der Waals surface area contributed by atoms with Gasteiger partial charge in [-0.3, -0.25) is 9.89 Å². The zero-order chi connectivity index (χ0) is 11.5. The summed E-state index contributed by atoms with van der Waals surface area (Å²) in [6, 6.07) is -0.0231. The van der Waals surface area contributed by atoms with E-state index < -0.39 is 0 Å². The second-order valence-electron chi connectivity index (χ2n) is 4.18. The summed E-state index contributed by atoms with van der Waals surface area (Å²) >= 11 is 0. The molecule has 2 heterocycles. The van der Waals surface area contributed by atoms with Gasteiger partial charge in [-0.1, -0.05) is 0 Å². The summed E-state index contributed by atoms with van der Waals surface area (Å²) in [7, 11) is 1.79. The molecule has 1 aromatic heterocycles. The fraction of sp³-hybridized carbons (Fsp3) is 0.700. The van der Waals surface area contributed by atoms with Gasteiger partial charge in [0.05, 0.1) is 12.6 Å². The monoisotopic (exact) mass is 223 g/mol. The van der Waals surface area contributed by atoms with Gasteiger partial charge in [0.15, 0.2) is 5.82 Å². The molecule has 1 saturated heterocycles. The molecule has 2 N–H and O–H groups in total. The van der Waals surface area contributed by atoms with E-state index in [-0.39, 0.29) is 11.9 Å². The molecular formula is C10H17N5O. The number of aryl methyl sites for hydroxylation is 1. The lowest BCUT2D eigenvalue weighted by Gasteiger charge is -2.19. The third-order valence-corrected chi connectivity index (χ3v) is 2.76. The molecule has 1 fully saturated rings. The van der Waals surface area contributed by atoms with E-state index >= 15 is 0 Å². The van der Waals surface area contributed by atoms with Crippen LogP contribution in [-0.2, 0) is 11.3 Å². The van der Waals surface area contributed by atoms with Crippen LogP contribution < -0.4 is 5.32 Å². The Hall–Kier alpha value is -1.43. The van der Waals surface area contributed by atoms with Gasteiger partial charge in [-0.15, -0.1) is 0 Å². The maximum atomic E-state index is 12.0. The lowest BCUT2D eigenvalue weighted by molar-refractivity contribution is -0.132. The lowest BCUT2D eigenvalue weighted by atomic mass is 10.2. The first-order valence-electron chi connectivity index (χ1n) is 5.53. The molecule has 0 radical (unpaired) electrons. The highest BCUT2D eigenvalue weighted by molar-refractivity contribution is 5.81. The van der Waals surface area contributed by atoms with Crippen LogP contribution in [0.4, 0.5) is 0 Å². The van der Waals surface area contributed by atoms with Crippen LogP contribution in [0.5, 0.6) is 0 Å². The van der Waals surface area contributed by atoms with Crippen LogP contribution in [0.3, 0.4) is 0 Å². The smallest absolute Gasteiger partial charge is 0.239 e. The van der Waals surface area contributed by atoms with Crippen molar-refractivity contribution in [3.8, 4) is 0 Å². The van der Waals surface area contributed by atoms with Crippen LogP contribution >= 0.6 is 0 Å². The fourth-order valence-corrected chi connectivity index (χ4v) is 1.91. The molecule has 1 amide bonds. The number of aromatic nitrogens is 3. The average Bonchev–Trinajstić information content (AvgIpc) is 2.88. The standard InChI is InChI=1S/C10H17N5O/c1-7-12-9(14-13-7)6-15(2)10(16)8-4-3-5-11-8/h8,11H,3-6H2,1-2H3,(H,12,13,14). The van der Waals surface area contributed by atoms with E-state index in [0.717, 1.165) is 25.2 Å². The molecule has 6 nitrogen and oxygen atoms in total. The summed E-state index contributed by atoms with van der Waals surface area (Å²) in [6.07, 6.45) is 2.00. The largest absolute Gasteiger partial charge is 0.337 e. The maximum absolute atomic E-state index is 12.0. The van der Waals surface area contributed by atoms with E-state index in [1.807, 2.05) is 6.92 Å². The van der Waals surface area contributed by atoms with Crippen molar-refractivity contribution in [2.45, 2.75) is 32.4 Å². The van der Waals surface area contributed by atoms with Gasteiger partial charge >= 0.3 is 0 Å². The fourth-order valence-electron chi connectivity index (χ4n) is 1.91. The highest BCUT2D eigenvalue weighted by Crippen LogP contribution is 2.09. The van der Waals surface area contributed by atoms with Crippen molar-refractivity contribution >= 4 is 5.91 Å². The van der Waals surface area contributed by atoms with Crippen molar-refractivity contribution in [2.24, 2.45) is 0 Å². The molecule has 88 valence electrons. The Morgan fingerprint density at radius 1 is 1.62 bits per heavy atom. The predicted molar refractivity (Wildman–Crippen MR) is 58.6 cm³/mol. The first kappa shape index (κ1) is 11.1. The highest BCUT2D eigenvalue weighted by atomic mass is 16.2. The quantitative estimate of drug-likeness (QED) is 0.745. The van der Waals surface area contributed by atoms with Crippen molar-refractivity contribution in [1.82, 2.24) is 25.4 Å². The molecule has 0 saturated carbocycles. The Morgan fingerprint density at radius 3 is 3.00 bits per heavy atom. The molecule has 1 atom stereocenters. The number of hydrogen-bond donors (Lipinski definition) is 2. The molecule has 1 aliphatic rings. The molecule has 0 bridgehead atoms. The predicted octanol–water partition coefficient (Wildman–Crippen LogP) is -0.176. The molecular weight excluding hydrogens is 206 g/mol. The first-order valence-corrected chi connectivity index (χ1v) is 5.53. The van der Waals surface area contributed by atoms with Gasteiger partial charge in [-0.2, -0.15) is 5.10 Å². The van der Waals surface area contributed by atoms with Crippen molar-refractivity contribution in [3.63, 3.8) is 0 Å². The summed E-state index contributed by atoms with van der Waals surface area (Å²) in [4.78, 5) is 17.8. The number of likely N-dealkylation sites (N-methyl/N-ethyl adjacent to an activating group) is 1. The third-order valence-electron chi connectivity index (χ3n) is 2.76. The minimum absolute atomic E-state index is 0.0231. The number of H-pyrrole nitrogens is 1. The Morgan fingerprint density at radius 2 is 2.44 bits per heavy atom. The second kappa shape index (κ2) is 4.61. The van der Waals surface area contributed by atoms with E-state index in [0.29, 0.717) is 12.4 Å². The van der Waals surface area contributed by atoms with Gasteiger partial charge in [0.25, 0.3) is 0 Å². The normalized spacial score (nSPS) is 20.0. The number of carbonyl (C=O) groups is 1. The topological polar surface area (TPSA) is 73.9 Å². The number of carbonyl (C=O) groups excluding carboxylic acids is 1. The minimum atomic E-state index is -0.0231. The Bertz CT molecular complexity index is 369. The molecule has 16 heavy (non-hydrogen) atoms. The third kappa shape index (κ3) is 2.38. The van der Waals surface area contributed by atoms with Crippen LogP contribution in [0.15, 0.2) is 0 Å². The van der Waals surface area contributed by atoms with Gasteiger partial charge in [0.1, 0.15) is 5.82 Å². The Kier molecular flexibility index (Phi) is 3.19. The van der Waals surface area contributed by atoms with Crippen molar-refractivity contribution < 1.29 is 4.79 Å². The number of nitrogens with one attached hydrogen (secondary N) is 2. The number of hydrogen-bond acceptors (Lipinski definition) is 4. The van der Waals surface area contributed by atoms with E-state index in [1.54, 1.807) is 11.9 Å². The van der Waals surface area contributed by atoms with Gasteiger partial charge in [0.2, 0.25) is 5.91 Å². The number of amides is 1. The molecule has 1 aromatic rings. The molecule has 0 spiro atoms. The van der Waals surface area contributed by atoms with Crippen LogP contribution in [0, 0.1) is 6.92 Å². The SMILES string of the molecule is Cc1nc(CN(C)C(=O)C2CCCN2)n[nH]1.